The average molecular weight is 384 g/mol. The van der Waals surface area contributed by atoms with Crippen LogP contribution < -0.4 is 5.32 Å². The highest BCUT2D eigenvalue weighted by Crippen LogP contribution is 2.31. The molecule has 4 atom stereocenters. The Balaban J connectivity index is 1.50. The zero-order valence-electron chi connectivity index (χ0n) is 17.0. The third kappa shape index (κ3) is 7.68. The number of alkyl carbamates (subject to hydrolysis) is 1. The molecule has 1 amide bonds. The molecule has 1 N–H and O–H groups in total. The maximum atomic E-state index is 11.5. The standard InChI is InChI=1S/C21H37NO5/c1-3-4-5-6-7-8-9-10-11-12-13-14-15-17-19-18(22-21(24)27-19)20(26-17)25-16(2)23/h17-20H,3-15H2,1-2H3,(H,22,24)/t17-,18+,19+,20?/m0/s1. The molecule has 0 aromatic heterocycles. The van der Waals surface area contributed by atoms with Gasteiger partial charge in [0, 0.05) is 6.92 Å². The van der Waals surface area contributed by atoms with Crippen molar-refractivity contribution in [2.45, 2.75) is 122 Å². The molecule has 27 heavy (non-hydrogen) atoms. The second-order valence-corrected chi connectivity index (χ2v) is 7.87. The summed E-state index contributed by atoms with van der Waals surface area (Å²) in [6.07, 6.45) is 14.7. The Morgan fingerprint density at radius 2 is 1.52 bits per heavy atom. The molecule has 6 nitrogen and oxygen atoms in total. The lowest BCUT2D eigenvalue weighted by Crippen LogP contribution is -2.39. The molecule has 0 saturated carbocycles. The van der Waals surface area contributed by atoms with Crippen LogP contribution in [0.1, 0.15) is 97.3 Å². The van der Waals surface area contributed by atoms with Gasteiger partial charge < -0.3 is 19.5 Å². The maximum Gasteiger partial charge on any atom is 0.408 e. The normalized spacial score (nSPS) is 26.5. The third-order valence-electron chi connectivity index (χ3n) is 5.47. The van der Waals surface area contributed by atoms with Crippen molar-refractivity contribution in [2.24, 2.45) is 0 Å². The molecule has 0 bridgehead atoms. The monoisotopic (exact) mass is 383 g/mol. The minimum absolute atomic E-state index is 0.193. The molecule has 0 radical (unpaired) electrons. The average Bonchev–Trinajstić information content (AvgIpc) is 3.14. The van der Waals surface area contributed by atoms with E-state index in [-0.39, 0.29) is 18.2 Å². The van der Waals surface area contributed by atoms with Gasteiger partial charge in [-0.3, -0.25) is 4.79 Å². The first kappa shape index (κ1) is 22.0. The van der Waals surface area contributed by atoms with Crippen LogP contribution in [0.3, 0.4) is 0 Å². The summed E-state index contributed by atoms with van der Waals surface area (Å²) in [5, 5.41) is 2.68. The predicted molar refractivity (Wildman–Crippen MR) is 103 cm³/mol. The van der Waals surface area contributed by atoms with Crippen molar-refractivity contribution in [3.8, 4) is 0 Å². The zero-order valence-corrected chi connectivity index (χ0v) is 17.0. The number of rotatable bonds is 14. The van der Waals surface area contributed by atoms with Crippen LogP contribution in [0.5, 0.6) is 0 Å². The number of ether oxygens (including phenoxy) is 3. The molecule has 1 unspecified atom stereocenters. The summed E-state index contributed by atoms with van der Waals surface area (Å²) in [6, 6.07) is -0.385. The van der Waals surface area contributed by atoms with Crippen molar-refractivity contribution in [1.82, 2.24) is 5.32 Å². The van der Waals surface area contributed by atoms with E-state index in [1.54, 1.807) is 0 Å². The van der Waals surface area contributed by atoms with Crippen LogP contribution in [-0.4, -0.2) is 36.6 Å². The van der Waals surface area contributed by atoms with Crippen molar-refractivity contribution in [3.63, 3.8) is 0 Å². The largest absolute Gasteiger partial charge is 0.441 e. The van der Waals surface area contributed by atoms with E-state index in [0.29, 0.717) is 0 Å². The molecule has 0 spiro atoms. The van der Waals surface area contributed by atoms with E-state index in [9.17, 15) is 9.59 Å². The van der Waals surface area contributed by atoms with E-state index in [4.69, 9.17) is 14.2 Å². The minimum Gasteiger partial charge on any atom is -0.441 e. The Bertz CT molecular complexity index is 456. The van der Waals surface area contributed by atoms with Crippen LogP contribution >= 0.6 is 0 Å². The van der Waals surface area contributed by atoms with Gasteiger partial charge in [-0.05, 0) is 6.42 Å². The smallest absolute Gasteiger partial charge is 0.408 e. The van der Waals surface area contributed by atoms with Crippen molar-refractivity contribution >= 4 is 12.1 Å². The quantitative estimate of drug-likeness (QED) is 0.343. The number of carbonyl (C=O) groups is 2. The summed E-state index contributed by atoms with van der Waals surface area (Å²) in [5.41, 5.74) is 0. The van der Waals surface area contributed by atoms with Gasteiger partial charge in [-0.25, -0.2) is 4.79 Å². The second-order valence-electron chi connectivity index (χ2n) is 7.87. The summed E-state index contributed by atoms with van der Waals surface area (Å²) in [4.78, 5) is 22.7. The highest BCUT2D eigenvalue weighted by atomic mass is 16.7. The van der Waals surface area contributed by atoms with E-state index in [0.717, 1.165) is 19.3 Å². The summed E-state index contributed by atoms with van der Waals surface area (Å²) in [7, 11) is 0. The third-order valence-corrected chi connectivity index (χ3v) is 5.47. The van der Waals surface area contributed by atoms with Gasteiger partial charge in [0.1, 0.15) is 12.1 Å². The molecule has 2 saturated heterocycles. The van der Waals surface area contributed by atoms with Crippen LogP contribution in [0.4, 0.5) is 4.79 Å². The Hall–Kier alpha value is -1.30. The highest BCUT2D eigenvalue weighted by Gasteiger charge is 2.53. The van der Waals surface area contributed by atoms with Gasteiger partial charge in [-0.2, -0.15) is 0 Å². The van der Waals surface area contributed by atoms with Crippen LogP contribution in [0.25, 0.3) is 0 Å². The van der Waals surface area contributed by atoms with Gasteiger partial charge in [-0.15, -0.1) is 0 Å². The van der Waals surface area contributed by atoms with Gasteiger partial charge in [0.25, 0.3) is 0 Å². The second kappa shape index (κ2) is 12.2. The van der Waals surface area contributed by atoms with Crippen LogP contribution in [0.2, 0.25) is 0 Å². The molecular weight excluding hydrogens is 346 g/mol. The predicted octanol–water partition coefficient (Wildman–Crippen LogP) is 4.84. The minimum atomic E-state index is -0.735. The molecule has 2 aliphatic heterocycles. The SMILES string of the molecule is CCCCCCCCCCCCCC[C@@H]1OC(OC(C)=O)[C@@H]2NC(=O)O[C@H]12. The highest BCUT2D eigenvalue weighted by molar-refractivity contribution is 5.71. The number of fused-ring (bicyclic) bond motifs is 1. The first-order valence-electron chi connectivity index (χ1n) is 10.9. The molecule has 6 heteroatoms. The topological polar surface area (TPSA) is 73.9 Å². The number of unbranched alkanes of at least 4 members (excludes halogenated alkanes) is 11. The number of amides is 1. The Morgan fingerprint density at radius 1 is 0.963 bits per heavy atom. The lowest BCUT2D eigenvalue weighted by Gasteiger charge is -2.16. The fourth-order valence-electron chi connectivity index (χ4n) is 4.00. The molecule has 0 aromatic rings. The molecule has 2 rings (SSSR count). The fourth-order valence-corrected chi connectivity index (χ4v) is 4.00. The molecule has 2 aliphatic rings. The van der Waals surface area contributed by atoms with Gasteiger partial charge >= 0.3 is 12.1 Å². The molecule has 156 valence electrons. The number of hydrogen-bond donors (Lipinski definition) is 1. The fraction of sp³-hybridized carbons (Fsp3) is 0.905. The lowest BCUT2D eigenvalue weighted by atomic mass is 10.0. The molecule has 0 aliphatic carbocycles. The van der Waals surface area contributed by atoms with E-state index in [1.807, 2.05) is 0 Å². The van der Waals surface area contributed by atoms with Crippen LogP contribution in [0, 0.1) is 0 Å². The first-order chi connectivity index (χ1) is 13.1. The molecule has 0 aromatic carbocycles. The van der Waals surface area contributed by atoms with Gasteiger partial charge in [-0.1, -0.05) is 84.0 Å². The van der Waals surface area contributed by atoms with Gasteiger partial charge in [0.15, 0.2) is 6.10 Å². The van der Waals surface area contributed by atoms with E-state index in [2.05, 4.69) is 12.2 Å². The summed E-state index contributed by atoms with van der Waals surface area (Å²) in [6.45, 7) is 3.60. The van der Waals surface area contributed by atoms with E-state index in [1.165, 1.54) is 71.1 Å². The van der Waals surface area contributed by atoms with E-state index >= 15 is 0 Å². The number of esters is 1. The zero-order chi connectivity index (χ0) is 19.5. The maximum absolute atomic E-state index is 11.5. The number of hydrogen-bond acceptors (Lipinski definition) is 5. The molecular formula is C21H37NO5. The van der Waals surface area contributed by atoms with Gasteiger partial charge in [0.05, 0.1) is 0 Å². The van der Waals surface area contributed by atoms with Crippen LogP contribution in [0.15, 0.2) is 0 Å². The summed E-state index contributed by atoms with van der Waals surface area (Å²) in [5.74, 6) is -0.411. The molecule has 2 heterocycles. The number of carbonyl (C=O) groups excluding carboxylic acids is 2. The Labute approximate surface area is 163 Å². The molecule has 2 fully saturated rings. The number of nitrogens with one attached hydrogen (secondary N) is 1. The van der Waals surface area contributed by atoms with Gasteiger partial charge in [0.2, 0.25) is 6.29 Å². The van der Waals surface area contributed by atoms with Crippen molar-refractivity contribution in [2.75, 3.05) is 0 Å². The Morgan fingerprint density at radius 3 is 2.07 bits per heavy atom. The van der Waals surface area contributed by atoms with Crippen molar-refractivity contribution < 1.29 is 23.8 Å². The summed E-state index contributed by atoms with van der Waals surface area (Å²) < 4.78 is 16.3. The Kier molecular flexibility index (Phi) is 9.95. The van der Waals surface area contributed by atoms with Crippen LogP contribution in [-0.2, 0) is 19.0 Å². The van der Waals surface area contributed by atoms with E-state index < -0.39 is 18.4 Å². The van der Waals surface area contributed by atoms with Crippen molar-refractivity contribution in [1.29, 1.82) is 0 Å². The lowest BCUT2D eigenvalue weighted by molar-refractivity contribution is -0.176. The van der Waals surface area contributed by atoms with Crippen molar-refractivity contribution in [3.05, 3.63) is 0 Å². The first-order valence-corrected chi connectivity index (χ1v) is 10.9. The summed E-state index contributed by atoms with van der Waals surface area (Å²) >= 11 is 0.